The van der Waals surface area contributed by atoms with Crippen LogP contribution in [0, 0.1) is 0 Å². The summed E-state index contributed by atoms with van der Waals surface area (Å²) >= 11 is 0. The minimum Gasteiger partial charge on any atom is -0.458 e. The van der Waals surface area contributed by atoms with E-state index in [9.17, 15) is 57.5 Å². The van der Waals surface area contributed by atoms with E-state index in [-0.39, 0.29) is 86.2 Å². The molecule has 6 amide bonds. The summed E-state index contributed by atoms with van der Waals surface area (Å²) in [5.74, 6) is -3.27. The molecule has 0 bridgehead atoms. The summed E-state index contributed by atoms with van der Waals surface area (Å²) in [5.41, 5.74) is 3.02. The number of nitrogens with one attached hydrogen (secondary N) is 6. The van der Waals surface area contributed by atoms with Crippen LogP contribution in [0.4, 0.5) is 28.8 Å². The van der Waals surface area contributed by atoms with Crippen molar-refractivity contribution in [2.75, 3.05) is 52.7 Å². The predicted molar refractivity (Wildman–Crippen MR) is 384 cm³/mol. The third-order valence-corrected chi connectivity index (χ3v) is 13.3. The summed E-state index contributed by atoms with van der Waals surface area (Å²) in [6.07, 6.45) is -4.32. The molecule has 0 aliphatic heterocycles. The average Bonchev–Trinajstić information content (AvgIpc) is 0.804. The maximum atomic E-state index is 12.5. The lowest BCUT2D eigenvalue weighted by atomic mass is 9.87. The van der Waals surface area contributed by atoms with Crippen LogP contribution in [0.3, 0.4) is 0 Å². The van der Waals surface area contributed by atoms with E-state index >= 15 is 0 Å². The minimum absolute atomic E-state index is 0.0348. The van der Waals surface area contributed by atoms with Crippen LogP contribution < -0.4 is 31.9 Å². The van der Waals surface area contributed by atoms with Gasteiger partial charge in [0, 0.05) is 59.6 Å². The normalized spacial score (nSPS) is 12.3. The molecule has 30 heteroatoms. The van der Waals surface area contributed by atoms with E-state index in [0.29, 0.717) is 13.1 Å². The zero-order chi connectivity index (χ0) is 79.5. The number of unbranched alkanes of at least 4 members (excludes halogenated alkanes) is 3. The van der Waals surface area contributed by atoms with Crippen molar-refractivity contribution in [1.29, 1.82) is 0 Å². The molecule has 0 aliphatic rings. The smallest absolute Gasteiger partial charge is 0.408 e. The van der Waals surface area contributed by atoms with Gasteiger partial charge in [0.05, 0.1) is 11.1 Å². The van der Waals surface area contributed by atoms with Gasteiger partial charge in [0.25, 0.3) is 0 Å². The molecule has 2 rings (SSSR count). The first-order chi connectivity index (χ1) is 48.4. The van der Waals surface area contributed by atoms with Gasteiger partial charge in [-0.3, -0.25) is 0 Å². The fraction of sp³-hybridized carbons (Fsp3) is 0.514. The van der Waals surface area contributed by atoms with Crippen LogP contribution in [0.2, 0.25) is 0 Å². The number of carbonyl (C=O) groups is 12. The first kappa shape index (κ1) is 93.3. The van der Waals surface area contributed by atoms with Crippen LogP contribution in [0.15, 0.2) is 121 Å². The van der Waals surface area contributed by atoms with Crippen LogP contribution in [-0.2, 0) is 110 Å². The standard InChI is InChI=1S/C28H40N2O8.C24H32N2O8.C22H36N2O8/c1-17(2)23(31)35-15-19(5)37-25(33)29-27(7,8)21-12-11-13-22(14-21)28(9,10)30-26(34)38-20(6)16-36-24(32)18(3)4;1-15(2)21(27)31-13-17(5)33-23(29)25-11-19-8-7-9-20(10-19)12-26-24(30)34-18(6)14-32-22(28)16(3)4;1-15(2)19(25)29-13-17(5)31-21(27)23-11-9-7-8-10-12-24-22(28)32-18(6)14-30-20(26)16(3)4/h11-14,19-20H,1,3,15-16H2,2,4-10H3,(H,29,33)(H,30,34);7-10,17-18H,1,3,11-14H2,2,4-6H3,(H,25,29)(H,26,30);17-18H,1,3,7-14H2,2,4-6H3,(H,23,27)(H,24,28). The van der Waals surface area contributed by atoms with E-state index < -0.39 is 120 Å². The summed E-state index contributed by atoms with van der Waals surface area (Å²) in [4.78, 5) is 141. The molecule has 0 heterocycles. The highest BCUT2D eigenvalue weighted by atomic mass is 16.6. The van der Waals surface area contributed by atoms with Crippen molar-refractivity contribution in [3.63, 3.8) is 0 Å². The van der Waals surface area contributed by atoms with E-state index in [1.165, 1.54) is 41.5 Å². The molecule has 0 spiro atoms. The van der Waals surface area contributed by atoms with Crippen molar-refractivity contribution in [3.8, 4) is 0 Å². The van der Waals surface area contributed by atoms with Gasteiger partial charge in [0.2, 0.25) is 0 Å². The van der Waals surface area contributed by atoms with Crippen LogP contribution in [-0.4, -0.2) is 162 Å². The topological polar surface area (TPSA) is 388 Å². The maximum Gasteiger partial charge on any atom is 0.408 e. The van der Waals surface area contributed by atoms with E-state index in [1.54, 1.807) is 65.8 Å². The molecule has 0 saturated carbocycles. The van der Waals surface area contributed by atoms with E-state index in [1.807, 2.05) is 52.0 Å². The molecule has 6 atom stereocenters. The van der Waals surface area contributed by atoms with Crippen LogP contribution in [0.25, 0.3) is 0 Å². The van der Waals surface area contributed by atoms with E-state index in [4.69, 9.17) is 56.8 Å². The van der Waals surface area contributed by atoms with Gasteiger partial charge in [0.1, 0.15) is 76.3 Å². The SMILES string of the molecule is C=C(C)C(=O)OCC(C)OC(=O)NC(C)(C)c1cccc(C(C)(C)NC(=O)OC(C)COC(=O)C(=C)C)c1.C=C(C)C(=O)OCC(C)OC(=O)NCCCCCCNC(=O)OC(C)COC(=O)C(=C)C.C=C(C)C(=O)OCC(C)OC(=O)NCc1cccc(CNC(=O)OC(C)COC(=O)C(=C)C)c1. The Labute approximate surface area is 610 Å². The predicted octanol–water partition coefficient (Wildman–Crippen LogP) is 10.8. The zero-order valence-electron chi connectivity index (χ0n) is 63.0. The van der Waals surface area contributed by atoms with Crippen molar-refractivity contribution in [2.45, 2.75) is 197 Å². The van der Waals surface area contributed by atoms with Gasteiger partial charge in [-0.1, -0.05) is 101 Å². The Balaban J connectivity index is 0.00000154. The molecule has 0 radical (unpaired) electrons. The molecule has 30 nitrogen and oxygen atoms in total. The van der Waals surface area contributed by atoms with E-state index in [0.717, 1.165) is 47.9 Å². The largest absolute Gasteiger partial charge is 0.458 e. The number of hydrogen-bond acceptors (Lipinski definition) is 24. The van der Waals surface area contributed by atoms with Crippen molar-refractivity contribution in [1.82, 2.24) is 31.9 Å². The molecular weight excluding hydrogens is 1360 g/mol. The number of amides is 6. The second-order valence-electron chi connectivity index (χ2n) is 25.4. The first-order valence-corrected chi connectivity index (χ1v) is 33.3. The number of benzene rings is 2. The Morgan fingerprint density at radius 1 is 0.327 bits per heavy atom. The first-order valence-electron chi connectivity index (χ1n) is 33.3. The van der Waals surface area contributed by atoms with Gasteiger partial charge in [-0.25, -0.2) is 57.5 Å². The summed E-state index contributed by atoms with van der Waals surface area (Å²) in [5, 5.41) is 16.1. The minimum atomic E-state index is -0.834. The van der Waals surface area contributed by atoms with Gasteiger partial charge in [-0.15, -0.1) is 0 Å². The Bertz CT molecular complexity index is 3100. The van der Waals surface area contributed by atoms with Crippen LogP contribution in [0.1, 0.15) is 159 Å². The third-order valence-electron chi connectivity index (χ3n) is 13.3. The number of ether oxygens (including phenoxy) is 12. The van der Waals surface area contributed by atoms with Crippen LogP contribution in [0.5, 0.6) is 0 Å². The Hall–Kier alpha value is -10.7. The highest BCUT2D eigenvalue weighted by Gasteiger charge is 2.30. The lowest BCUT2D eigenvalue weighted by molar-refractivity contribution is -0.142. The van der Waals surface area contributed by atoms with Crippen molar-refractivity contribution in [2.24, 2.45) is 0 Å². The molecule has 578 valence electrons. The maximum absolute atomic E-state index is 12.5. The number of esters is 6. The highest BCUT2D eigenvalue weighted by molar-refractivity contribution is 5.89. The van der Waals surface area contributed by atoms with Gasteiger partial charge in [0.15, 0.2) is 0 Å². The quantitative estimate of drug-likeness (QED) is 0.0157. The average molecular weight is 1470 g/mol. The summed E-state index contributed by atoms with van der Waals surface area (Å²) in [6.45, 7) is 47.8. The fourth-order valence-corrected chi connectivity index (χ4v) is 7.56. The molecular formula is C74H108N6O24. The second kappa shape index (κ2) is 49.0. The van der Waals surface area contributed by atoms with Gasteiger partial charge in [-0.05, 0) is 146 Å². The fourth-order valence-electron chi connectivity index (χ4n) is 7.56. The Morgan fingerprint density at radius 2 is 0.548 bits per heavy atom. The number of rotatable bonds is 39. The molecule has 6 unspecified atom stereocenters. The molecule has 0 aromatic heterocycles. The Morgan fingerprint density at radius 3 is 0.788 bits per heavy atom. The van der Waals surface area contributed by atoms with Crippen molar-refractivity contribution < 1.29 is 114 Å². The molecule has 0 fully saturated rings. The number of carbonyl (C=O) groups excluding carboxylic acids is 12. The molecule has 2 aromatic rings. The second-order valence-corrected chi connectivity index (χ2v) is 25.4. The van der Waals surface area contributed by atoms with Crippen molar-refractivity contribution >= 4 is 72.4 Å². The zero-order valence-corrected chi connectivity index (χ0v) is 63.0. The van der Waals surface area contributed by atoms with Gasteiger partial charge >= 0.3 is 72.4 Å². The monoisotopic (exact) mass is 1460 g/mol. The lowest BCUT2D eigenvalue weighted by Crippen LogP contribution is -2.44. The van der Waals surface area contributed by atoms with Crippen molar-refractivity contribution in [3.05, 3.63) is 144 Å². The molecule has 0 aliphatic carbocycles. The van der Waals surface area contributed by atoms with E-state index in [2.05, 4.69) is 71.4 Å². The molecule has 0 saturated heterocycles. The van der Waals surface area contributed by atoms with Crippen LogP contribution >= 0.6 is 0 Å². The number of hydrogen-bond donors (Lipinski definition) is 6. The highest BCUT2D eigenvalue weighted by Crippen LogP contribution is 2.27. The lowest BCUT2D eigenvalue weighted by Gasteiger charge is -2.31. The Kier molecular flexibility index (Phi) is 44.0. The summed E-state index contributed by atoms with van der Waals surface area (Å²) in [7, 11) is 0. The molecule has 104 heavy (non-hydrogen) atoms. The molecule has 2 aromatic carbocycles. The third kappa shape index (κ3) is 43.9. The summed E-state index contributed by atoms with van der Waals surface area (Å²) < 4.78 is 60.7. The number of alkyl carbamates (subject to hydrolysis) is 6. The summed E-state index contributed by atoms with van der Waals surface area (Å²) in [6, 6.07) is 14.5. The molecule has 6 N–H and O–H groups in total. The van der Waals surface area contributed by atoms with Gasteiger partial charge in [-0.2, -0.15) is 0 Å². The van der Waals surface area contributed by atoms with Gasteiger partial charge < -0.3 is 88.7 Å².